The first kappa shape index (κ1) is 18.1. The molecule has 5 nitrogen and oxygen atoms in total. The molecule has 1 aromatic carbocycles. The lowest BCUT2D eigenvalue weighted by atomic mass is 10.2. The number of nitrogens with one attached hydrogen (secondary N) is 1. The summed E-state index contributed by atoms with van der Waals surface area (Å²) in [6.45, 7) is 10.3. The second kappa shape index (κ2) is 9.15. The summed E-state index contributed by atoms with van der Waals surface area (Å²) < 4.78 is 31.9. The number of benzene rings is 1. The summed E-state index contributed by atoms with van der Waals surface area (Å²) in [6.07, 6.45) is 0. The first-order valence-electron chi connectivity index (χ1n) is 7.44. The van der Waals surface area contributed by atoms with Crippen LogP contribution in [0.15, 0.2) is 29.2 Å². The molecule has 6 heteroatoms. The van der Waals surface area contributed by atoms with Crippen molar-refractivity contribution in [3.8, 4) is 0 Å². The number of hydrogen-bond acceptors (Lipinski definition) is 4. The molecule has 1 aromatic rings. The monoisotopic (exact) mass is 314 g/mol. The fourth-order valence-electron chi connectivity index (χ4n) is 1.96. The van der Waals surface area contributed by atoms with Gasteiger partial charge in [0.05, 0.1) is 18.1 Å². The van der Waals surface area contributed by atoms with Gasteiger partial charge in [0.1, 0.15) is 0 Å². The summed E-state index contributed by atoms with van der Waals surface area (Å²) in [7, 11) is -3.39. The molecule has 0 bridgehead atoms. The van der Waals surface area contributed by atoms with Gasteiger partial charge in [-0.2, -0.15) is 0 Å². The van der Waals surface area contributed by atoms with Crippen LogP contribution in [0.1, 0.15) is 19.4 Å². The molecule has 0 aromatic heterocycles. The van der Waals surface area contributed by atoms with E-state index in [0.29, 0.717) is 18.0 Å². The van der Waals surface area contributed by atoms with Crippen LogP contribution in [0.5, 0.6) is 0 Å². The minimum absolute atomic E-state index is 0.320. The first-order valence-corrected chi connectivity index (χ1v) is 8.93. The number of nitrogens with zero attached hydrogens (tertiary/aromatic N) is 1. The third kappa shape index (κ3) is 6.13. The van der Waals surface area contributed by atoms with Gasteiger partial charge in [0.2, 0.25) is 10.0 Å². The van der Waals surface area contributed by atoms with Gasteiger partial charge in [-0.25, -0.2) is 13.1 Å². The summed E-state index contributed by atoms with van der Waals surface area (Å²) in [5, 5.41) is 0. The van der Waals surface area contributed by atoms with Crippen LogP contribution in [0.4, 0.5) is 0 Å². The molecular weight excluding hydrogens is 288 g/mol. The van der Waals surface area contributed by atoms with Crippen LogP contribution in [-0.4, -0.2) is 52.7 Å². The van der Waals surface area contributed by atoms with Crippen molar-refractivity contribution in [1.29, 1.82) is 0 Å². The normalized spacial score (nSPS) is 16.1. The molecule has 1 saturated heterocycles. The van der Waals surface area contributed by atoms with Gasteiger partial charge in [0.25, 0.3) is 0 Å². The van der Waals surface area contributed by atoms with Crippen molar-refractivity contribution in [1.82, 2.24) is 9.62 Å². The SMILES string of the molecule is CC.Cc1ccc(S(=O)(=O)NCCN2CCOCC2)cc1. The van der Waals surface area contributed by atoms with E-state index in [9.17, 15) is 8.42 Å². The first-order chi connectivity index (χ1) is 10.1. The van der Waals surface area contributed by atoms with Crippen LogP contribution in [0, 0.1) is 6.92 Å². The van der Waals surface area contributed by atoms with E-state index in [1.165, 1.54) is 0 Å². The highest BCUT2D eigenvalue weighted by Crippen LogP contribution is 2.09. The maximum atomic E-state index is 12.0. The van der Waals surface area contributed by atoms with E-state index in [2.05, 4.69) is 9.62 Å². The number of hydrogen-bond donors (Lipinski definition) is 1. The number of ether oxygens (including phenoxy) is 1. The number of morpholine rings is 1. The number of sulfonamides is 1. The molecule has 21 heavy (non-hydrogen) atoms. The Labute approximate surface area is 128 Å². The molecule has 1 fully saturated rings. The average Bonchev–Trinajstić information content (AvgIpc) is 2.51. The summed E-state index contributed by atoms with van der Waals surface area (Å²) in [6, 6.07) is 6.87. The van der Waals surface area contributed by atoms with Gasteiger partial charge in [0, 0.05) is 26.2 Å². The van der Waals surface area contributed by atoms with Crippen molar-refractivity contribution in [2.24, 2.45) is 0 Å². The molecule has 0 spiro atoms. The van der Waals surface area contributed by atoms with Crippen LogP contribution < -0.4 is 4.72 Å². The van der Waals surface area contributed by atoms with Gasteiger partial charge in [0.15, 0.2) is 0 Å². The highest BCUT2D eigenvalue weighted by Gasteiger charge is 2.15. The summed E-state index contributed by atoms with van der Waals surface area (Å²) in [4.78, 5) is 2.52. The molecule has 1 N–H and O–H groups in total. The Hall–Kier alpha value is -0.950. The van der Waals surface area contributed by atoms with Gasteiger partial charge in [-0.05, 0) is 19.1 Å². The zero-order chi connectivity index (χ0) is 15.7. The third-order valence-electron chi connectivity index (χ3n) is 3.16. The molecule has 0 amide bonds. The molecule has 1 aliphatic heterocycles. The highest BCUT2D eigenvalue weighted by molar-refractivity contribution is 7.89. The van der Waals surface area contributed by atoms with Crippen molar-refractivity contribution in [2.75, 3.05) is 39.4 Å². The Morgan fingerprint density at radius 1 is 1.14 bits per heavy atom. The van der Waals surface area contributed by atoms with Gasteiger partial charge in [-0.3, -0.25) is 4.90 Å². The average molecular weight is 314 g/mol. The molecule has 0 saturated carbocycles. The van der Waals surface area contributed by atoms with Crippen LogP contribution in [0.2, 0.25) is 0 Å². The van der Waals surface area contributed by atoms with Gasteiger partial charge < -0.3 is 4.74 Å². The van der Waals surface area contributed by atoms with Gasteiger partial charge in [-0.1, -0.05) is 31.5 Å². The second-order valence-electron chi connectivity index (χ2n) is 4.66. The van der Waals surface area contributed by atoms with Crippen molar-refractivity contribution in [2.45, 2.75) is 25.7 Å². The van der Waals surface area contributed by atoms with E-state index < -0.39 is 10.0 Å². The fraction of sp³-hybridized carbons (Fsp3) is 0.600. The van der Waals surface area contributed by atoms with Crippen LogP contribution >= 0.6 is 0 Å². The minimum Gasteiger partial charge on any atom is -0.379 e. The molecular formula is C15H26N2O3S. The summed E-state index contributed by atoms with van der Waals surface area (Å²) in [5.74, 6) is 0. The molecule has 0 unspecified atom stereocenters. The fourth-order valence-corrected chi connectivity index (χ4v) is 2.98. The van der Waals surface area contributed by atoms with Crippen molar-refractivity contribution in [3.05, 3.63) is 29.8 Å². The Balaban J connectivity index is 0.00000106. The topological polar surface area (TPSA) is 58.6 Å². The smallest absolute Gasteiger partial charge is 0.240 e. The lowest BCUT2D eigenvalue weighted by molar-refractivity contribution is 0.0390. The molecule has 120 valence electrons. The second-order valence-corrected chi connectivity index (χ2v) is 6.43. The Morgan fingerprint density at radius 2 is 1.71 bits per heavy atom. The molecule has 2 rings (SSSR count). The quantitative estimate of drug-likeness (QED) is 0.897. The minimum atomic E-state index is -3.39. The lowest BCUT2D eigenvalue weighted by Gasteiger charge is -2.26. The van der Waals surface area contributed by atoms with E-state index in [1.807, 2.05) is 20.8 Å². The van der Waals surface area contributed by atoms with Crippen LogP contribution in [0.3, 0.4) is 0 Å². The molecule has 1 aliphatic rings. The van der Waals surface area contributed by atoms with Gasteiger partial charge in [-0.15, -0.1) is 0 Å². The molecule has 0 radical (unpaired) electrons. The predicted octanol–water partition coefficient (Wildman–Crippen LogP) is 1.63. The summed E-state index contributed by atoms with van der Waals surface area (Å²) in [5.41, 5.74) is 1.05. The third-order valence-corrected chi connectivity index (χ3v) is 4.63. The number of aryl methyl sites for hydroxylation is 1. The van der Waals surface area contributed by atoms with E-state index in [-0.39, 0.29) is 0 Å². The maximum Gasteiger partial charge on any atom is 0.240 e. The largest absolute Gasteiger partial charge is 0.379 e. The molecule has 1 heterocycles. The van der Waals surface area contributed by atoms with Gasteiger partial charge >= 0.3 is 0 Å². The zero-order valence-corrected chi connectivity index (χ0v) is 13.9. The lowest BCUT2D eigenvalue weighted by Crippen LogP contribution is -2.41. The molecule has 0 atom stereocenters. The van der Waals surface area contributed by atoms with E-state index in [4.69, 9.17) is 4.74 Å². The maximum absolute atomic E-state index is 12.0. The predicted molar refractivity (Wildman–Crippen MR) is 85.0 cm³/mol. The van der Waals surface area contributed by atoms with Crippen LogP contribution in [0.25, 0.3) is 0 Å². The van der Waals surface area contributed by atoms with Crippen molar-refractivity contribution in [3.63, 3.8) is 0 Å². The van der Waals surface area contributed by atoms with E-state index >= 15 is 0 Å². The highest BCUT2D eigenvalue weighted by atomic mass is 32.2. The Morgan fingerprint density at radius 3 is 2.29 bits per heavy atom. The Kier molecular flexibility index (Phi) is 7.88. The summed E-state index contributed by atoms with van der Waals surface area (Å²) >= 11 is 0. The van der Waals surface area contributed by atoms with Crippen LogP contribution in [-0.2, 0) is 14.8 Å². The van der Waals surface area contributed by atoms with E-state index in [0.717, 1.165) is 31.9 Å². The van der Waals surface area contributed by atoms with E-state index in [1.54, 1.807) is 24.3 Å². The standard InChI is InChI=1S/C13H20N2O3S.C2H6/c1-12-2-4-13(5-3-12)19(16,17)14-6-7-15-8-10-18-11-9-15;1-2/h2-5,14H,6-11H2,1H3;1-2H3. The number of rotatable bonds is 5. The van der Waals surface area contributed by atoms with Crippen molar-refractivity contribution < 1.29 is 13.2 Å². The zero-order valence-electron chi connectivity index (χ0n) is 13.1. The van der Waals surface area contributed by atoms with Crippen molar-refractivity contribution >= 4 is 10.0 Å². The Bertz CT molecular complexity index is 494. The molecule has 0 aliphatic carbocycles.